The first kappa shape index (κ1) is 11.6. The predicted octanol–water partition coefficient (Wildman–Crippen LogP) is 0.600. The van der Waals surface area contributed by atoms with Crippen LogP contribution in [-0.4, -0.2) is 28.5 Å². The second kappa shape index (κ2) is 4.87. The van der Waals surface area contributed by atoms with Gasteiger partial charge in [-0.1, -0.05) is 6.07 Å². The molecule has 16 heavy (non-hydrogen) atoms. The molecule has 84 valence electrons. The first-order chi connectivity index (χ1) is 7.49. The summed E-state index contributed by atoms with van der Waals surface area (Å²) in [6.45, 7) is -0.850. The van der Waals surface area contributed by atoms with Crippen molar-refractivity contribution in [1.82, 2.24) is 0 Å². The van der Waals surface area contributed by atoms with Crippen LogP contribution in [0.2, 0.25) is 0 Å². The van der Waals surface area contributed by atoms with Crippen LogP contribution in [-0.2, 0) is 4.79 Å². The SMILES string of the molecule is O=C(C[N+](=O)[O-])Nc1cccc(C(=O)O)c1. The van der Waals surface area contributed by atoms with Gasteiger partial charge in [-0.05, 0) is 18.2 Å². The molecule has 0 aliphatic rings. The quantitative estimate of drug-likeness (QED) is 0.574. The summed E-state index contributed by atoms with van der Waals surface area (Å²) in [5.74, 6) is -1.93. The number of nitro groups is 1. The van der Waals surface area contributed by atoms with E-state index in [1.54, 1.807) is 0 Å². The molecule has 0 saturated carbocycles. The zero-order chi connectivity index (χ0) is 12.1. The summed E-state index contributed by atoms with van der Waals surface area (Å²) in [6.07, 6.45) is 0. The molecule has 0 atom stereocenters. The monoisotopic (exact) mass is 224 g/mol. The Bertz CT molecular complexity index is 443. The third-order valence-electron chi connectivity index (χ3n) is 1.67. The summed E-state index contributed by atoms with van der Waals surface area (Å²) in [5, 5.41) is 20.9. The minimum atomic E-state index is -1.13. The van der Waals surface area contributed by atoms with Gasteiger partial charge in [0.1, 0.15) is 0 Å². The number of benzene rings is 1. The molecule has 0 bridgehead atoms. The highest BCUT2D eigenvalue weighted by Gasteiger charge is 2.10. The van der Waals surface area contributed by atoms with Crippen LogP contribution in [0.1, 0.15) is 10.4 Å². The van der Waals surface area contributed by atoms with Crippen LogP contribution in [0.15, 0.2) is 24.3 Å². The van der Waals surface area contributed by atoms with E-state index >= 15 is 0 Å². The standard InChI is InChI=1S/C9H8N2O5/c12-8(5-11(15)16)10-7-3-1-2-6(4-7)9(13)14/h1-4H,5H2,(H,10,12)(H,13,14). The van der Waals surface area contributed by atoms with Crippen LogP contribution < -0.4 is 5.32 Å². The van der Waals surface area contributed by atoms with E-state index in [4.69, 9.17) is 5.11 Å². The van der Waals surface area contributed by atoms with Gasteiger partial charge in [0.05, 0.1) is 5.56 Å². The molecule has 1 amide bonds. The fraction of sp³-hybridized carbons (Fsp3) is 0.111. The third kappa shape index (κ3) is 3.37. The largest absolute Gasteiger partial charge is 0.478 e. The van der Waals surface area contributed by atoms with Crippen molar-refractivity contribution >= 4 is 17.6 Å². The number of carbonyl (C=O) groups excluding carboxylic acids is 1. The number of carboxylic acids is 1. The highest BCUT2D eigenvalue weighted by molar-refractivity contribution is 5.94. The van der Waals surface area contributed by atoms with Crippen LogP contribution in [0.5, 0.6) is 0 Å². The number of anilines is 1. The van der Waals surface area contributed by atoms with Crippen molar-refractivity contribution in [3.63, 3.8) is 0 Å². The summed E-state index contributed by atoms with van der Waals surface area (Å²) in [7, 11) is 0. The van der Waals surface area contributed by atoms with Crippen molar-refractivity contribution in [2.75, 3.05) is 11.9 Å². The van der Waals surface area contributed by atoms with Crippen molar-refractivity contribution in [3.05, 3.63) is 39.9 Å². The highest BCUT2D eigenvalue weighted by Crippen LogP contribution is 2.10. The van der Waals surface area contributed by atoms with E-state index in [0.717, 1.165) is 0 Å². The maximum Gasteiger partial charge on any atom is 0.335 e. The molecule has 0 radical (unpaired) electrons. The van der Waals surface area contributed by atoms with Gasteiger partial charge in [-0.3, -0.25) is 14.9 Å². The first-order valence-corrected chi connectivity index (χ1v) is 4.24. The second-order valence-electron chi connectivity index (χ2n) is 2.92. The Morgan fingerprint density at radius 2 is 2.12 bits per heavy atom. The van der Waals surface area contributed by atoms with E-state index in [1.165, 1.54) is 24.3 Å². The number of hydrogen-bond acceptors (Lipinski definition) is 4. The Balaban J connectivity index is 2.74. The lowest BCUT2D eigenvalue weighted by Crippen LogP contribution is -2.21. The van der Waals surface area contributed by atoms with Crippen molar-refractivity contribution in [2.45, 2.75) is 0 Å². The number of amides is 1. The molecule has 0 spiro atoms. The van der Waals surface area contributed by atoms with Crippen LogP contribution in [0.4, 0.5) is 5.69 Å². The van der Waals surface area contributed by atoms with Crippen LogP contribution in [0.25, 0.3) is 0 Å². The Morgan fingerprint density at radius 1 is 1.44 bits per heavy atom. The number of aromatic carboxylic acids is 1. The summed E-state index contributed by atoms with van der Waals surface area (Å²) >= 11 is 0. The Morgan fingerprint density at radius 3 is 2.69 bits per heavy atom. The molecule has 0 aliphatic heterocycles. The summed E-state index contributed by atoms with van der Waals surface area (Å²) in [4.78, 5) is 30.9. The molecule has 0 saturated heterocycles. The van der Waals surface area contributed by atoms with Gasteiger partial charge < -0.3 is 10.4 Å². The van der Waals surface area contributed by atoms with Crippen molar-refractivity contribution in [2.24, 2.45) is 0 Å². The van der Waals surface area contributed by atoms with Crippen LogP contribution in [0, 0.1) is 10.1 Å². The molecule has 0 fully saturated rings. The zero-order valence-corrected chi connectivity index (χ0v) is 8.04. The van der Waals surface area contributed by atoms with E-state index in [1.807, 2.05) is 0 Å². The lowest BCUT2D eigenvalue weighted by molar-refractivity contribution is -0.467. The van der Waals surface area contributed by atoms with Gasteiger partial charge in [-0.15, -0.1) is 0 Å². The number of hydrogen-bond donors (Lipinski definition) is 2. The number of rotatable bonds is 4. The number of nitrogens with one attached hydrogen (secondary N) is 1. The van der Waals surface area contributed by atoms with Gasteiger partial charge in [-0.2, -0.15) is 0 Å². The summed E-state index contributed by atoms with van der Waals surface area (Å²) in [6, 6.07) is 5.46. The van der Waals surface area contributed by atoms with Crippen LogP contribution in [0.3, 0.4) is 0 Å². The number of nitrogens with zero attached hydrogens (tertiary/aromatic N) is 1. The van der Waals surface area contributed by atoms with Gasteiger partial charge in [0, 0.05) is 10.6 Å². The molecule has 1 aromatic carbocycles. The van der Waals surface area contributed by atoms with Gasteiger partial charge in [0.2, 0.25) is 0 Å². The molecule has 0 heterocycles. The maximum atomic E-state index is 11.0. The number of carbonyl (C=O) groups is 2. The molecule has 1 aromatic rings. The van der Waals surface area contributed by atoms with Gasteiger partial charge >= 0.3 is 5.97 Å². The Hall–Kier alpha value is -2.44. The second-order valence-corrected chi connectivity index (χ2v) is 2.92. The molecule has 7 heteroatoms. The van der Waals surface area contributed by atoms with E-state index in [2.05, 4.69) is 5.32 Å². The fourth-order valence-corrected chi connectivity index (χ4v) is 1.05. The molecule has 1 rings (SSSR count). The predicted molar refractivity (Wildman–Crippen MR) is 53.9 cm³/mol. The fourth-order valence-electron chi connectivity index (χ4n) is 1.05. The Labute approximate surface area is 89.8 Å². The molecule has 7 nitrogen and oxygen atoms in total. The van der Waals surface area contributed by atoms with Gasteiger partial charge in [0.25, 0.3) is 12.5 Å². The topological polar surface area (TPSA) is 110 Å². The molecule has 0 aliphatic carbocycles. The molecular weight excluding hydrogens is 216 g/mol. The van der Waals surface area contributed by atoms with Crippen molar-refractivity contribution in [3.8, 4) is 0 Å². The first-order valence-electron chi connectivity index (χ1n) is 4.24. The Kier molecular flexibility index (Phi) is 3.54. The minimum absolute atomic E-state index is 0.00102. The van der Waals surface area contributed by atoms with E-state index in [0.29, 0.717) is 0 Å². The highest BCUT2D eigenvalue weighted by atomic mass is 16.6. The summed E-state index contributed by atoms with van der Waals surface area (Å²) in [5.41, 5.74) is 0.214. The average Bonchev–Trinajstić information content (AvgIpc) is 2.16. The van der Waals surface area contributed by atoms with Gasteiger partial charge in [0.15, 0.2) is 0 Å². The van der Waals surface area contributed by atoms with Crippen molar-refractivity contribution < 1.29 is 19.6 Å². The normalized spacial score (nSPS) is 9.50. The minimum Gasteiger partial charge on any atom is -0.478 e. The zero-order valence-electron chi connectivity index (χ0n) is 8.04. The number of carboxylic acid groups (broad SMARTS) is 1. The lowest BCUT2D eigenvalue weighted by Gasteiger charge is -2.02. The van der Waals surface area contributed by atoms with E-state index in [9.17, 15) is 19.7 Å². The van der Waals surface area contributed by atoms with Gasteiger partial charge in [-0.25, -0.2) is 4.79 Å². The third-order valence-corrected chi connectivity index (χ3v) is 1.67. The molecule has 0 unspecified atom stereocenters. The van der Waals surface area contributed by atoms with E-state index < -0.39 is 23.3 Å². The summed E-state index contributed by atoms with van der Waals surface area (Å²) < 4.78 is 0. The molecule has 0 aromatic heterocycles. The molecule has 2 N–H and O–H groups in total. The van der Waals surface area contributed by atoms with Crippen LogP contribution >= 0.6 is 0 Å². The lowest BCUT2D eigenvalue weighted by atomic mass is 10.2. The maximum absolute atomic E-state index is 11.0. The van der Waals surface area contributed by atoms with E-state index in [-0.39, 0.29) is 11.3 Å². The van der Waals surface area contributed by atoms with Crippen molar-refractivity contribution in [1.29, 1.82) is 0 Å². The average molecular weight is 224 g/mol. The smallest absolute Gasteiger partial charge is 0.335 e. The molecular formula is C9H8N2O5.